The van der Waals surface area contributed by atoms with Crippen molar-refractivity contribution < 1.29 is 0 Å². The molecule has 0 spiro atoms. The Kier molecular flexibility index (Phi) is 1.80. The van der Waals surface area contributed by atoms with E-state index in [9.17, 15) is 0 Å². The highest BCUT2D eigenvalue weighted by atomic mass is 32.1. The summed E-state index contributed by atoms with van der Waals surface area (Å²) in [4.78, 5) is 4.80. The second-order valence-electron chi connectivity index (χ2n) is 3.25. The van der Waals surface area contributed by atoms with E-state index in [1.54, 1.807) is 0 Å². The van der Waals surface area contributed by atoms with Crippen molar-refractivity contribution in [2.45, 2.75) is 6.04 Å². The van der Waals surface area contributed by atoms with E-state index >= 15 is 0 Å². The summed E-state index contributed by atoms with van der Waals surface area (Å²) in [5, 5.41) is 6.81. The minimum absolute atomic E-state index is 0.0305. The minimum atomic E-state index is 0.0305. The van der Waals surface area contributed by atoms with Crippen molar-refractivity contribution in [3.63, 3.8) is 0 Å². The van der Waals surface area contributed by atoms with Gasteiger partial charge in [-0.15, -0.1) is 0 Å². The highest BCUT2D eigenvalue weighted by Crippen LogP contribution is 2.23. The first-order valence-corrected chi connectivity index (χ1v) is 5.24. The number of nitrogens with one attached hydrogen (secondary N) is 1. The molecular formula is C9H6N4S2. The van der Waals surface area contributed by atoms with Crippen LogP contribution in [0.4, 0.5) is 0 Å². The fraction of sp³-hybridized carbons (Fsp3) is 0.111. The lowest BCUT2D eigenvalue weighted by atomic mass is 10.0. The van der Waals surface area contributed by atoms with Crippen LogP contribution < -0.4 is 0 Å². The van der Waals surface area contributed by atoms with Gasteiger partial charge in [-0.25, -0.2) is 4.99 Å². The van der Waals surface area contributed by atoms with Crippen molar-refractivity contribution in [1.29, 1.82) is 0 Å². The number of thiocarbonyl (C=S) groups is 1. The van der Waals surface area contributed by atoms with Gasteiger partial charge < -0.3 is 0 Å². The molecule has 3 rings (SSSR count). The molecule has 1 aromatic heterocycles. The maximum atomic E-state index is 5.17. The standard InChI is InChI=1S/C9H6N4S2/c14-8-7-11-12-9(15)13(7)6-4-2-1-3-5(6)10-8/h1-4,6H,(H,12,15). The number of hydrogen-bond donors (Lipinski definition) is 1. The third-order valence-corrected chi connectivity index (χ3v) is 2.94. The van der Waals surface area contributed by atoms with E-state index in [2.05, 4.69) is 15.2 Å². The average Bonchev–Trinajstić information content (AvgIpc) is 2.62. The third-order valence-electron chi connectivity index (χ3n) is 2.38. The lowest BCUT2D eigenvalue weighted by molar-refractivity contribution is 0.726. The van der Waals surface area contributed by atoms with Crippen molar-refractivity contribution in [3.05, 3.63) is 34.9 Å². The summed E-state index contributed by atoms with van der Waals surface area (Å²) >= 11 is 10.3. The van der Waals surface area contributed by atoms with Crippen LogP contribution in [0.3, 0.4) is 0 Å². The van der Waals surface area contributed by atoms with Crippen LogP contribution in [0.1, 0.15) is 11.9 Å². The van der Waals surface area contributed by atoms with Gasteiger partial charge in [0, 0.05) is 0 Å². The molecule has 6 heteroatoms. The molecule has 1 N–H and O–H groups in total. The molecule has 1 unspecified atom stereocenters. The summed E-state index contributed by atoms with van der Waals surface area (Å²) < 4.78 is 2.46. The van der Waals surface area contributed by atoms with Gasteiger partial charge in [-0.3, -0.25) is 9.67 Å². The third kappa shape index (κ3) is 1.18. The predicted molar refractivity (Wildman–Crippen MR) is 63.9 cm³/mol. The zero-order valence-corrected chi connectivity index (χ0v) is 9.18. The number of aliphatic imine (C=N–C) groups is 1. The van der Waals surface area contributed by atoms with Crippen LogP contribution in [0.25, 0.3) is 0 Å². The van der Waals surface area contributed by atoms with Crippen LogP contribution in [0.5, 0.6) is 0 Å². The second-order valence-corrected chi connectivity index (χ2v) is 4.03. The molecule has 2 aliphatic rings. The molecule has 4 nitrogen and oxygen atoms in total. The van der Waals surface area contributed by atoms with Crippen LogP contribution in [-0.4, -0.2) is 25.5 Å². The molecule has 0 amide bonds. The molecule has 0 saturated heterocycles. The van der Waals surface area contributed by atoms with Gasteiger partial charge in [0.15, 0.2) is 15.6 Å². The van der Waals surface area contributed by atoms with Crippen molar-refractivity contribution in [2.24, 2.45) is 4.99 Å². The Bertz CT molecular complexity index is 587. The molecule has 15 heavy (non-hydrogen) atoms. The lowest BCUT2D eigenvalue weighted by Crippen LogP contribution is -2.27. The van der Waals surface area contributed by atoms with Crippen molar-refractivity contribution in [2.75, 3.05) is 0 Å². The van der Waals surface area contributed by atoms with Gasteiger partial charge in [-0.2, -0.15) is 5.10 Å². The largest absolute Gasteiger partial charge is 0.285 e. The highest BCUT2D eigenvalue weighted by molar-refractivity contribution is 7.80. The van der Waals surface area contributed by atoms with Gasteiger partial charge in [0.2, 0.25) is 0 Å². The van der Waals surface area contributed by atoms with Crippen molar-refractivity contribution in [1.82, 2.24) is 14.8 Å². The number of H-pyrrole nitrogens is 1. The van der Waals surface area contributed by atoms with E-state index in [0.29, 0.717) is 15.6 Å². The molecule has 74 valence electrons. The van der Waals surface area contributed by atoms with Crippen LogP contribution in [-0.2, 0) is 0 Å². The number of aromatic nitrogens is 3. The summed E-state index contributed by atoms with van der Waals surface area (Å²) in [6.07, 6.45) is 7.87. The first-order chi connectivity index (χ1) is 7.27. The molecule has 1 aliphatic carbocycles. The van der Waals surface area contributed by atoms with Gasteiger partial charge in [0.05, 0.1) is 11.8 Å². The molecule has 0 fully saturated rings. The van der Waals surface area contributed by atoms with Crippen LogP contribution in [0, 0.1) is 4.77 Å². The van der Waals surface area contributed by atoms with Gasteiger partial charge in [-0.1, -0.05) is 30.4 Å². The topological polar surface area (TPSA) is 46.0 Å². The average molecular weight is 234 g/mol. The fourth-order valence-corrected chi connectivity index (χ4v) is 2.22. The first-order valence-electron chi connectivity index (χ1n) is 4.42. The smallest absolute Gasteiger partial charge is 0.196 e. The van der Waals surface area contributed by atoms with E-state index in [0.717, 1.165) is 5.71 Å². The molecule has 0 saturated carbocycles. The highest BCUT2D eigenvalue weighted by Gasteiger charge is 2.26. The van der Waals surface area contributed by atoms with Crippen LogP contribution in [0.15, 0.2) is 29.3 Å². The fourth-order valence-electron chi connectivity index (χ4n) is 1.72. The maximum Gasteiger partial charge on any atom is 0.196 e. The molecule has 1 aliphatic heterocycles. The summed E-state index contributed by atoms with van der Waals surface area (Å²) in [6.45, 7) is 0. The number of hydrogen-bond acceptors (Lipinski definition) is 3. The normalized spacial score (nSPS) is 22.3. The Hall–Kier alpha value is -1.40. The number of nitrogens with zero attached hydrogens (tertiary/aromatic N) is 3. The molecule has 0 bridgehead atoms. The predicted octanol–water partition coefficient (Wildman–Crippen LogP) is 1.74. The van der Waals surface area contributed by atoms with E-state index in [1.807, 2.05) is 28.9 Å². The van der Waals surface area contributed by atoms with E-state index in [4.69, 9.17) is 24.4 Å². The number of allylic oxidation sites excluding steroid dienone is 4. The Morgan fingerprint density at radius 3 is 3.07 bits per heavy atom. The molecule has 0 aromatic carbocycles. The van der Waals surface area contributed by atoms with Crippen LogP contribution in [0.2, 0.25) is 0 Å². The summed E-state index contributed by atoms with van der Waals surface area (Å²) in [7, 11) is 0. The van der Waals surface area contributed by atoms with Crippen molar-refractivity contribution >= 4 is 35.1 Å². The van der Waals surface area contributed by atoms with Crippen LogP contribution >= 0.6 is 24.4 Å². The second kappa shape index (κ2) is 3.04. The van der Waals surface area contributed by atoms with Gasteiger partial charge in [-0.05, 0) is 18.3 Å². The first kappa shape index (κ1) is 8.87. The number of fused-ring (bicyclic) bond motifs is 3. The zero-order chi connectivity index (χ0) is 10.4. The molecule has 0 radical (unpaired) electrons. The van der Waals surface area contributed by atoms with Gasteiger partial charge in [0.25, 0.3) is 0 Å². The number of rotatable bonds is 0. The maximum absolute atomic E-state index is 5.17. The van der Waals surface area contributed by atoms with E-state index in [1.165, 1.54) is 0 Å². The Balaban J connectivity index is 2.30. The summed E-state index contributed by atoms with van der Waals surface area (Å²) in [5.41, 5.74) is 0.910. The zero-order valence-electron chi connectivity index (χ0n) is 7.54. The molecule has 2 heterocycles. The summed E-state index contributed by atoms with van der Waals surface area (Å²) in [5.74, 6) is 0.642. The number of aromatic amines is 1. The quantitative estimate of drug-likeness (QED) is 0.695. The monoisotopic (exact) mass is 234 g/mol. The lowest BCUT2D eigenvalue weighted by Gasteiger charge is -2.22. The van der Waals surface area contributed by atoms with E-state index in [-0.39, 0.29) is 6.04 Å². The van der Waals surface area contributed by atoms with Gasteiger partial charge >= 0.3 is 0 Å². The molecule has 1 atom stereocenters. The van der Waals surface area contributed by atoms with Crippen molar-refractivity contribution in [3.8, 4) is 0 Å². The Morgan fingerprint density at radius 2 is 2.20 bits per heavy atom. The molecular weight excluding hydrogens is 228 g/mol. The van der Waals surface area contributed by atoms with E-state index < -0.39 is 0 Å². The SMILES string of the molecule is S=C1N=C2C=CC=CC2n2c1n[nH]c2=S. The minimum Gasteiger partial charge on any atom is -0.285 e. The Morgan fingerprint density at radius 1 is 1.33 bits per heavy atom. The summed E-state index contributed by atoms with van der Waals surface area (Å²) in [6, 6.07) is 0.0305. The van der Waals surface area contributed by atoms with Gasteiger partial charge in [0.1, 0.15) is 0 Å². The Labute approximate surface area is 96.0 Å². The molecule has 1 aromatic rings.